The van der Waals surface area contributed by atoms with Crippen molar-refractivity contribution in [1.29, 1.82) is 0 Å². The average Bonchev–Trinajstić information content (AvgIpc) is 2.77. The molecule has 0 aliphatic rings. The summed E-state index contributed by atoms with van der Waals surface area (Å²) in [5.41, 5.74) is 3.58. The molecule has 2 nitrogen and oxygen atoms in total. The van der Waals surface area contributed by atoms with E-state index in [4.69, 9.17) is 12.2 Å². The third kappa shape index (κ3) is 2.42. The van der Waals surface area contributed by atoms with E-state index in [0.29, 0.717) is 0 Å². The Labute approximate surface area is 137 Å². The summed E-state index contributed by atoms with van der Waals surface area (Å²) in [5.74, 6) is 0. The SMILES string of the molecule is CCC(c1ccccc1)n1c(=S)[nH]c2cc(I)ccc21. The second-order valence-electron chi connectivity index (χ2n) is 4.80. The largest absolute Gasteiger partial charge is 0.331 e. The lowest BCUT2D eigenvalue weighted by atomic mass is 10.0. The molecule has 2 aromatic carbocycles. The van der Waals surface area contributed by atoms with Crippen LogP contribution in [0.4, 0.5) is 0 Å². The highest BCUT2D eigenvalue weighted by molar-refractivity contribution is 14.1. The van der Waals surface area contributed by atoms with Crippen LogP contribution in [-0.2, 0) is 0 Å². The molecule has 0 aliphatic carbocycles. The summed E-state index contributed by atoms with van der Waals surface area (Å²) in [7, 11) is 0. The third-order valence-corrected chi connectivity index (χ3v) is 4.53. The minimum atomic E-state index is 0.275. The maximum atomic E-state index is 5.54. The van der Waals surface area contributed by atoms with E-state index >= 15 is 0 Å². The van der Waals surface area contributed by atoms with Crippen molar-refractivity contribution < 1.29 is 0 Å². The van der Waals surface area contributed by atoms with Crippen molar-refractivity contribution in [3.05, 3.63) is 62.4 Å². The minimum absolute atomic E-state index is 0.275. The van der Waals surface area contributed by atoms with Gasteiger partial charge in [-0.05, 0) is 65.0 Å². The fourth-order valence-corrected chi connectivity index (χ4v) is 3.48. The summed E-state index contributed by atoms with van der Waals surface area (Å²) in [6.07, 6.45) is 1.01. The Hall–Kier alpha value is -1.14. The van der Waals surface area contributed by atoms with Crippen molar-refractivity contribution in [2.45, 2.75) is 19.4 Å². The van der Waals surface area contributed by atoms with Crippen LogP contribution in [0.1, 0.15) is 24.9 Å². The van der Waals surface area contributed by atoms with Crippen LogP contribution in [0.3, 0.4) is 0 Å². The Kier molecular flexibility index (Phi) is 3.94. The van der Waals surface area contributed by atoms with Crippen LogP contribution in [0.5, 0.6) is 0 Å². The van der Waals surface area contributed by atoms with Crippen molar-refractivity contribution in [1.82, 2.24) is 9.55 Å². The van der Waals surface area contributed by atoms with Gasteiger partial charge in [-0.1, -0.05) is 37.3 Å². The van der Waals surface area contributed by atoms with Gasteiger partial charge in [-0.15, -0.1) is 0 Å². The molecule has 3 rings (SSSR count). The minimum Gasteiger partial charge on any atom is -0.331 e. The van der Waals surface area contributed by atoms with Gasteiger partial charge in [0, 0.05) is 3.57 Å². The zero-order chi connectivity index (χ0) is 14.1. The van der Waals surface area contributed by atoms with Gasteiger partial charge in [0.15, 0.2) is 4.77 Å². The van der Waals surface area contributed by atoms with E-state index in [9.17, 15) is 0 Å². The summed E-state index contributed by atoms with van der Waals surface area (Å²) < 4.78 is 4.24. The van der Waals surface area contributed by atoms with Gasteiger partial charge in [-0.3, -0.25) is 0 Å². The van der Waals surface area contributed by atoms with E-state index in [1.807, 2.05) is 6.07 Å². The number of imidazole rings is 1. The van der Waals surface area contributed by atoms with Crippen LogP contribution in [0.2, 0.25) is 0 Å². The number of nitrogens with one attached hydrogen (secondary N) is 1. The Morgan fingerprint density at radius 2 is 1.95 bits per heavy atom. The summed E-state index contributed by atoms with van der Waals surface area (Å²) >= 11 is 7.87. The van der Waals surface area contributed by atoms with Crippen molar-refractivity contribution in [3.63, 3.8) is 0 Å². The second-order valence-corrected chi connectivity index (χ2v) is 6.43. The smallest absolute Gasteiger partial charge is 0.178 e. The molecule has 1 aromatic heterocycles. The van der Waals surface area contributed by atoms with Gasteiger partial charge in [0.05, 0.1) is 17.1 Å². The van der Waals surface area contributed by atoms with Crippen LogP contribution in [0.25, 0.3) is 11.0 Å². The standard InChI is InChI=1S/C16H15IN2S/c1-2-14(11-6-4-3-5-7-11)19-15-9-8-12(17)10-13(15)18-16(19)20/h3-10,14H,2H2,1H3,(H,18,20). The number of hydrogen-bond donors (Lipinski definition) is 1. The molecule has 0 saturated heterocycles. The zero-order valence-corrected chi connectivity index (χ0v) is 14.1. The number of aromatic amines is 1. The molecule has 1 atom stereocenters. The molecule has 102 valence electrons. The molecule has 3 aromatic rings. The number of nitrogens with zero attached hydrogens (tertiary/aromatic N) is 1. The molecule has 0 saturated carbocycles. The van der Waals surface area contributed by atoms with Gasteiger partial charge >= 0.3 is 0 Å². The number of halogens is 1. The van der Waals surface area contributed by atoms with E-state index in [1.165, 1.54) is 14.7 Å². The molecule has 1 N–H and O–H groups in total. The molecule has 0 aliphatic heterocycles. The number of rotatable bonds is 3. The molecule has 1 unspecified atom stereocenters. The van der Waals surface area contributed by atoms with Gasteiger partial charge in [0.2, 0.25) is 0 Å². The Morgan fingerprint density at radius 3 is 2.65 bits per heavy atom. The topological polar surface area (TPSA) is 20.7 Å². The number of benzene rings is 2. The zero-order valence-electron chi connectivity index (χ0n) is 11.1. The normalized spacial score (nSPS) is 12.7. The molecule has 0 spiro atoms. The predicted molar refractivity (Wildman–Crippen MR) is 94.7 cm³/mol. The maximum absolute atomic E-state index is 5.54. The summed E-state index contributed by atoms with van der Waals surface area (Å²) in [4.78, 5) is 3.33. The molecule has 4 heteroatoms. The first-order chi connectivity index (χ1) is 9.70. The lowest BCUT2D eigenvalue weighted by molar-refractivity contribution is 0.575. The first-order valence-corrected chi connectivity index (χ1v) is 8.14. The predicted octanol–water partition coefficient (Wildman–Crippen LogP) is 5.30. The summed E-state index contributed by atoms with van der Waals surface area (Å²) in [6.45, 7) is 2.20. The number of aromatic nitrogens is 2. The van der Waals surface area contributed by atoms with Crippen LogP contribution in [-0.4, -0.2) is 9.55 Å². The monoisotopic (exact) mass is 394 g/mol. The van der Waals surface area contributed by atoms with E-state index in [-0.39, 0.29) is 6.04 Å². The number of fused-ring (bicyclic) bond motifs is 1. The van der Waals surface area contributed by atoms with Gasteiger partial charge in [0.1, 0.15) is 0 Å². The lowest BCUT2D eigenvalue weighted by Gasteiger charge is -2.18. The van der Waals surface area contributed by atoms with Gasteiger partial charge < -0.3 is 9.55 Å². The molecule has 0 fully saturated rings. The molecular formula is C16H15IN2S. The summed E-state index contributed by atoms with van der Waals surface area (Å²) in [5, 5.41) is 0. The molecule has 0 bridgehead atoms. The summed E-state index contributed by atoms with van der Waals surface area (Å²) in [6, 6.07) is 17.2. The molecule has 0 radical (unpaired) electrons. The second kappa shape index (κ2) is 5.69. The van der Waals surface area contributed by atoms with E-state index in [0.717, 1.165) is 16.7 Å². The number of H-pyrrole nitrogens is 1. The first kappa shape index (κ1) is 13.8. The van der Waals surface area contributed by atoms with Gasteiger partial charge in [-0.2, -0.15) is 0 Å². The Bertz CT molecular complexity index is 789. The van der Waals surface area contributed by atoms with E-state index in [2.05, 4.69) is 81.5 Å². The highest BCUT2D eigenvalue weighted by Crippen LogP contribution is 2.27. The van der Waals surface area contributed by atoms with Crippen LogP contribution >= 0.6 is 34.8 Å². The third-order valence-electron chi connectivity index (χ3n) is 3.56. The Balaban J connectivity index is 2.22. The van der Waals surface area contributed by atoms with Crippen LogP contribution < -0.4 is 0 Å². The van der Waals surface area contributed by atoms with Crippen molar-refractivity contribution in [3.8, 4) is 0 Å². The quantitative estimate of drug-likeness (QED) is 0.472. The molecular weight excluding hydrogens is 379 g/mol. The van der Waals surface area contributed by atoms with E-state index < -0.39 is 0 Å². The van der Waals surface area contributed by atoms with E-state index in [1.54, 1.807) is 0 Å². The molecule has 20 heavy (non-hydrogen) atoms. The first-order valence-electron chi connectivity index (χ1n) is 6.65. The maximum Gasteiger partial charge on any atom is 0.178 e. The van der Waals surface area contributed by atoms with Crippen LogP contribution in [0, 0.1) is 8.34 Å². The number of hydrogen-bond acceptors (Lipinski definition) is 1. The average molecular weight is 394 g/mol. The van der Waals surface area contributed by atoms with Crippen molar-refractivity contribution in [2.75, 3.05) is 0 Å². The Morgan fingerprint density at radius 1 is 1.20 bits per heavy atom. The van der Waals surface area contributed by atoms with Gasteiger partial charge in [-0.25, -0.2) is 0 Å². The highest BCUT2D eigenvalue weighted by Gasteiger charge is 2.15. The van der Waals surface area contributed by atoms with Crippen molar-refractivity contribution in [2.24, 2.45) is 0 Å². The fraction of sp³-hybridized carbons (Fsp3) is 0.188. The molecule has 1 heterocycles. The van der Waals surface area contributed by atoms with Crippen molar-refractivity contribution >= 4 is 45.8 Å². The lowest BCUT2D eigenvalue weighted by Crippen LogP contribution is -2.09. The van der Waals surface area contributed by atoms with Gasteiger partial charge in [0.25, 0.3) is 0 Å². The molecule has 0 amide bonds. The fourth-order valence-electron chi connectivity index (χ4n) is 2.66. The van der Waals surface area contributed by atoms with Crippen LogP contribution in [0.15, 0.2) is 48.5 Å². The highest BCUT2D eigenvalue weighted by atomic mass is 127.